The molecule has 0 amide bonds. The molecule has 0 bridgehead atoms. The zero-order valence-corrected chi connectivity index (χ0v) is 8.05. The van der Waals surface area contributed by atoms with Crippen molar-refractivity contribution in [1.29, 1.82) is 0 Å². The minimum absolute atomic E-state index is 0.209. The van der Waals surface area contributed by atoms with Crippen molar-refractivity contribution in [2.24, 2.45) is 4.40 Å². The molecule has 1 aromatic carbocycles. The van der Waals surface area contributed by atoms with E-state index in [9.17, 15) is 0 Å². The Balaban J connectivity index is 2.37. The van der Waals surface area contributed by atoms with Gasteiger partial charge in [-0.1, -0.05) is 18.2 Å². The van der Waals surface area contributed by atoms with Crippen molar-refractivity contribution in [3.63, 3.8) is 0 Å². The molecular formula is C10H11NOS. The summed E-state index contributed by atoms with van der Waals surface area (Å²) in [5.41, 5.74) is 2.54. The Morgan fingerprint density at radius 3 is 3.23 bits per heavy atom. The topological polar surface area (TPSA) is 32.6 Å². The standard InChI is InChI=1S/C10H11NOS/c12-7-5-9-3-1-2-8-4-6-11-13-10(8)9/h1-3,6,12H,4-5,7H2. The van der Waals surface area contributed by atoms with E-state index in [2.05, 4.69) is 16.5 Å². The molecule has 0 aliphatic carbocycles. The summed E-state index contributed by atoms with van der Waals surface area (Å²) in [6, 6.07) is 6.22. The van der Waals surface area contributed by atoms with E-state index < -0.39 is 0 Å². The van der Waals surface area contributed by atoms with Crippen LogP contribution in [0, 0.1) is 0 Å². The van der Waals surface area contributed by atoms with Gasteiger partial charge in [-0.15, -0.1) is 0 Å². The Hall–Kier alpha value is -0.800. The van der Waals surface area contributed by atoms with Crippen LogP contribution >= 0.6 is 11.9 Å². The van der Waals surface area contributed by atoms with Crippen molar-refractivity contribution in [2.45, 2.75) is 17.7 Å². The molecule has 0 radical (unpaired) electrons. The molecule has 0 aromatic heterocycles. The molecule has 13 heavy (non-hydrogen) atoms. The van der Waals surface area contributed by atoms with Gasteiger partial charge in [-0.2, -0.15) is 0 Å². The van der Waals surface area contributed by atoms with E-state index in [1.807, 2.05) is 12.3 Å². The average Bonchev–Trinajstić information content (AvgIpc) is 2.19. The zero-order valence-electron chi connectivity index (χ0n) is 7.23. The molecule has 1 aliphatic rings. The summed E-state index contributed by atoms with van der Waals surface area (Å²) in [6.45, 7) is 0.209. The first-order valence-corrected chi connectivity index (χ1v) is 5.09. The van der Waals surface area contributed by atoms with E-state index in [1.54, 1.807) is 0 Å². The van der Waals surface area contributed by atoms with Gasteiger partial charge in [0.1, 0.15) is 0 Å². The Morgan fingerprint density at radius 1 is 1.46 bits per heavy atom. The van der Waals surface area contributed by atoms with Crippen molar-refractivity contribution in [2.75, 3.05) is 6.61 Å². The van der Waals surface area contributed by atoms with Gasteiger partial charge >= 0.3 is 0 Å². The molecule has 0 saturated heterocycles. The van der Waals surface area contributed by atoms with E-state index >= 15 is 0 Å². The van der Waals surface area contributed by atoms with Gasteiger partial charge in [0.15, 0.2) is 0 Å². The van der Waals surface area contributed by atoms with Gasteiger partial charge in [-0.3, -0.25) is 0 Å². The summed E-state index contributed by atoms with van der Waals surface area (Å²) in [5.74, 6) is 0. The fraction of sp³-hybridized carbons (Fsp3) is 0.300. The second kappa shape index (κ2) is 3.94. The van der Waals surface area contributed by atoms with E-state index in [-0.39, 0.29) is 6.61 Å². The summed E-state index contributed by atoms with van der Waals surface area (Å²) in [5, 5.41) is 8.87. The van der Waals surface area contributed by atoms with Gasteiger partial charge in [-0.05, 0) is 17.5 Å². The molecule has 1 heterocycles. The first-order valence-electron chi connectivity index (χ1n) is 4.32. The Kier molecular flexibility index (Phi) is 2.66. The minimum atomic E-state index is 0.209. The third kappa shape index (κ3) is 1.76. The van der Waals surface area contributed by atoms with Crippen LogP contribution in [0.25, 0.3) is 0 Å². The molecule has 1 aromatic rings. The van der Waals surface area contributed by atoms with Gasteiger partial charge in [0.2, 0.25) is 0 Å². The Labute approximate surface area is 81.8 Å². The molecule has 0 saturated carbocycles. The number of hydrogen-bond acceptors (Lipinski definition) is 3. The van der Waals surface area contributed by atoms with Crippen LogP contribution in [0.2, 0.25) is 0 Å². The predicted octanol–water partition coefficient (Wildman–Crippen LogP) is 1.86. The molecule has 1 aliphatic heterocycles. The van der Waals surface area contributed by atoms with Crippen molar-refractivity contribution >= 4 is 18.2 Å². The lowest BCUT2D eigenvalue weighted by Gasteiger charge is -2.12. The molecule has 68 valence electrons. The number of benzene rings is 1. The zero-order chi connectivity index (χ0) is 9.10. The quantitative estimate of drug-likeness (QED) is 0.727. The smallest absolute Gasteiger partial charge is 0.0471 e. The van der Waals surface area contributed by atoms with E-state index in [0.29, 0.717) is 0 Å². The van der Waals surface area contributed by atoms with Crippen LogP contribution in [0.1, 0.15) is 11.1 Å². The molecule has 0 spiro atoms. The van der Waals surface area contributed by atoms with Crippen molar-refractivity contribution in [3.05, 3.63) is 29.3 Å². The summed E-state index contributed by atoms with van der Waals surface area (Å²) in [6.07, 6.45) is 3.57. The maximum absolute atomic E-state index is 8.87. The Morgan fingerprint density at radius 2 is 2.38 bits per heavy atom. The van der Waals surface area contributed by atoms with E-state index in [1.165, 1.54) is 28.0 Å². The second-order valence-corrected chi connectivity index (χ2v) is 3.76. The minimum Gasteiger partial charge on any atom is -0.396 e. The molecule has 2 rings (SSSR count). The third-order valence-corrected chi connectivity index (χ3v) is 3.05. The number of aliphatic hydroxyl groups excluding tert-OH is 1. The molecule has 1 N–H and O–H groups in total. The van der Waals surface area contributed by atoms with Crippen LogP contribution in [0.15, 0.2) is 27.5 Å². The number of nitrogens with zero attached hydrogens (tertiary/aromatic N) is 1. The normalized spacial score (nSPS) is 14.2. The summed E-state index contributed by atoms with van der Waals surface area (Å²) < 4.78 is 4.17. The largest absolute Gasteiger partial charge is 0.396 e. The fourth-order valence-corrected chi connectivity index (χ4v) is 2.27. The SMILES string of the molecule is OCCc1cccc2c1SN=CC2. The Bertz CT molecular complexity index is 336. The molecule has 0 atom stereocenters. The van der Waals surface area contributed by atoms with Crippen LogP contribution < -0.4 is 0 Å². The maximum atomic E-state index is 8.87. The van der Waals surface area contributed by atoms with Gasteiger partial charge in [0.05, 0.1) is 0 Å². The average molecular weight is 193 g/mol. The van der Waals surface area contributed by atoms with Gasteiger partial charge < -0.3 is 5.11 Å². The highest BCUT2D eigenvalue weighted by Crippen LogP contribution is 2.30. The summed E-state index contributed by atoms with van der Waals surface area (Å²) in [7, 11) is 0. The highest BCUT2D eigenvalue weighted by atomic mass is 32.2. The van der Waals surface area contributed by atoms with Gasteiger partial charge in [0, 0.05) is 36.1 Å². The summed E-state index contributed by atoms with van der Waals surface area (Å²) >= 11 is 1.51. The predicted molar refractivity (Wildman–Crippen MR) is 55.3 cm³/mol. The molecule has 2 nitrogen and oxygen atoms in total. The second-order valence-electron chi connectivity index (χ2n) is 2.96. The van der Waals surface area contributed by atoms with E-state index in [4.69, 9.17) is 5.11 Å². The number of hydrogen-bond donors (Lipinski definition) is 1. The first-order chi connectivity index (χ1) is 6.42. The lowest BCUT2D eigenvalue weighted by atomic mass is 10.1. The molecular weight excluding hydrogens is 182 g/mol. The first kappa shape index (κ1) is 8.78. The highest BCUT2D eigenvalue weighted by molar-refractivity contribution is 7.98. The lowest BCUT2D eigenvalue weighted by Crippen LogP contribution is -2.00. The number of aliphatic hydroxyl groups is 1. The van der Waals surface area contributed by atoms with Gasteiger partial charge in [0.25, 0.3) is 0 Å². The third-order valence-electron chi connectivity index (χ3n) is 2.09. The number of rotatable bonds is 2. The van der Waals surface area contributed by atoms with Crippen LogP contribution in [0.4, 0.5) is 0 Å². The summed E-state index contributed by atoms with van der Waals surface area (Å²) in [4.78, 5) is 1.24. The van der Waals surface area contributed by atoms with Crippen molar-refractivity contribution in [1.82, 2.24) is 0 Å². The molecule has 3 heteroatoms. The molecule has 0 fully saturated rings. The van der Waals surface area contributed by atoms with Crippen LogP contribution in [-0.2, 0) is 12.8 Å². The van der Waals surface area contributed by atoms with Crippen molar-refractivity contribution < 1.29 is 5.11 Å². The molecule has 0 unspecified atom stereocenters. The monoisotopic (exact) mass is 193 g/mol. The maximum Gasteiger partial charge on any atom is 0.0471 e. The highest BCUT2D eigenvalue weighted by Gasteiger charge is 2.10. The van der Waals surface area contributed by atoms with Crippen LogP contribution in [0.3, 0.4) is 0 Å². The van der Waals surface area contributed by atoms with Gasteiger partial charge in [-0.25, -0.2) is 4.40 Å². The van der Waals surface area contributed by atoms with Crippen LogP contribution in [-0.4, -0.2) is 17.9 Å². The van der Waals surface area contributed by atoms with Crippen molar-refractivity contribution in [3.8, 4) is 0 Å². The lowest BCUT2D eigenvalue weighted by molar-refractivity contribution is 0.299. The fourth-order valence-electron chi connectivity index (χ4n) is 1.46. The number of fused-ring (bicyclic) bond motifs is 1. The van der Waals surface area contributed by atoms with E-state index in [0.717, 1.165) is 12.8 Å². The van der Waals surface area contributed by atoms with Crippen LogP contribution in [0.5, 0.6) is 0 Å².